The van der Waals surface area contributed by atoms with Crippen LogP contribution < -0.4 is 19.7 Å². The number of hydrogen-bond acceptors (Lipinski definition) is 6. The molecule has 2 aliphatic rings. The average Bonchev–Trinajstić information content (AvgIpc) is 2.73. The highest BCUT2D eigenvalue weighted by atomic mass is 16.6. The quantitative estimate of drug-likeness (QED) is 0.770. The number of hydrogen-bond donors (Lipinski definition) is 1. The molecule has 2 aliphatic heterocycles. The van der Waals surface area contributed by atoms with Gasteiger partial charge in [-0.05, 0) is 37.1 Å². The Balaban J connectivity index is 1.31. The zero-order valence-corrected chi connectivity index (χ0v) is 15.1. The maximum atomic E-state index is 5.69. The van der Waals surface area contributed by atoms with Gasteiger partial charge in [-0.15, -0.1) is 0 Å². The summed E-state index contributed by atoms with van der Waals surface area (Å²) >= 11 is 0. The number of anilines is 2. The molecule has 0 aliphatic carbocycles. The van der Waals surface area contributed by atoms with Crippen LogP contribution in [0.1, 0.15) is 12.8 Å². The van der Waals surface area contributed by atoms with Crippen molar-refractivity contribution in [3.05, 3.63) is 48.7 Å². The molecule has 5 rings (SSSR count). The summed E-state index contributed by atoms with van der Waals surface area (Å²) in [5.41, 5.74) is 2.94. The van der Waals surface area contributed by atoms with Gasteiger partial charge >= 0.3 is 0 Å². The molecule has 0 amide bonds. The van der Waals surface area contributed by atoms with Crippen molar-refractivity contribution < 1.29 is 9.47 Å². The fourth-order valence-corrected chi connectivity index (χ4v) is 3.77. The van der Waals surface area contributed by atoms with Crippen molar-refractivity contribution in [2.75, 3.05) is 36.5 Å². The maximum Gasteiger partial charge on any atom is 0.163 e. The van der Waals surface area contributed by atoms with Gasteiger partial charge in [0, 0.05) is 30.9 Å². The highest BCUT2D eigenvalue weighted by Gasteiger charge is 2.22. The minimum absolute atomic E-state index is 0.356. The van der Waals surface area contributed by atoms with Crippen LogP contribution in [-0.2, 0) is 0 Å². The molecule has 0 unspecified atom stereocenters. The lowest BCUT2D eigenvalue weighted by Gasteiger charge is -2.34. The van der Waals surface area contributed by atoms with E-state index in [1.54, 1.807) is 0 Å². The van der Waals surface area contributed by atoms with Gasteiger partial charge in [-0.1, -0.05) is 12.1 Å². The minimum Gasteiger partial charge on any atom is -0.486 e. The summed E-state index contributed by atoms with van der Waals surface area (Å²) in [6.07, 6.45) is 4.14. The molecule has 3 heterocycles. The number of rotatable bonds is 3. The maximum absolute atomic E-state index is 5.69. The van der Waals surface area contributed by atoms with Crippen molar-refractivity contribution in [2.24, 2.45) is 0 Å². The van der Waals surface area contributed by atoms with Crippen molar-refractivity contribution >= 4 is 22.5 Å². The lowest BCUT2D eigenvalue weighted by molar-refractivity contribution is 0.171. The first-order valence-electron chi connectivity index (χ1n) is 9.48. The van der Waals surface area contributed by atoms with E-state index in [4.69, 9.17) is 14.5 Å². The number of benzene rings is 2. The van der Waals surface area contributed by atoms with Crippen molar-refractivity contribution in [2.45, 2.75) is 18.9 Å². The molecule has 0 radical (unpaired) electrons. The molecular weight excluding hydrogens is 340 g/mol. The lowest BCUT2D eigenvalue weighted by Crippen LogP contribution is -2.42. The number of fused-ring (bicyclic) bond motifs is 2. The molecule has 1 aromatic heterocycles. The molecule has 2 aromatic carbocycles. The van der Waals surface area contributed by atoms with E-state index in [9.17, 15) is 0 Å². The Bertz CT molecular complexity index is 962. The smallest absolute Gasteiger partial charge is 0.163 e. The molecule has 0 bridgehead atoms. The average molecular weight is 362 g/mol. The Kier molecular flexibility index (Phi) is 4.16. The van der Waals surface area contributed by atoms with Crippen LogP contribution in [0.3, 0.4) is 0 Å². The van der Waals surface area contributed by atoms with E-state index in [0.29, 0.717) is 19.3 Å². The molecule has 1 fully saturated rings. The van der Waals surface area contributed by atoms with E-state index in [0.717, 1.165) is 60.0 Å². The van der Waals surface area contributed by atoms with E-state index in [1.807, 2.05) is 42.6 Å². The Morgan fingerprint density at radius 1 is 1.00 bits per heavy atom. The van der Waals surface area contributed by atoms with Gasteiger partial charge in [0.2, 0.25) is 0 Å². The van der Waals surface area contributed by atoms with Crippen LogP contribution >= 0.6 is 0 Å². The summed E-state index contributed by atoms with van der Waals surface area (Å²) in [5.74, 6) is 2.59. The second-order valence-corrected chi connectivity index (χ2v) is 7.00. The van der Waals surface area contributed by atoms with Crippen molar-refractivity contribution in [1.29, 1.82) is 0 Å². The van der Waals surface area contributed by atoms with Crippen molar-refractivity contribution in [3.8, 4) is 11.5 Å². The summed E-state index contributed by atoms with van der Waals surface area (Å²) < 4.78 is 11.3. The highest BCUT2D eigenvalue weighted by Crippen LogP contribution is 2.33. The summed E-state index contributed by atoms with van der Waals surface area (Å²) in [7, 11) is 0. The SMILES string of the molecule is c1ccc2nc(N3CCC[C@@H](Nc4ccc5c(c4)OCCO5)C3)cnc2c1. The molecule has 6 heteroatoms. The van der Waals surface area contributed by atoms with Crippen molar-refractivity contribution in [1.82, 2.24) is 9.97 Å². The second kappa shape index (κ2) is 6.95. The fourth-order valence-electron chi connectivity index (χ4n) is 3.77. The third kappa shape index (κ3) is 3.35. The van der Waals surface area contributed by atoms with Gasteiger partial charge < -0.3 is 19.7 Å². The molecule has 0 saturated carbocycles. The Hall–Kier alpha value is -3.02. The van der Waals surface area contributed by atoms with Crippen LogP contribution in [0.25, 0.3) is 11.0 Å². The normalized spacial score (nSPS) is 19.1. The first-order valence-corrected chi connectivity index (χ1v) is 9.48. The Labute approximate surface area is 158 Å². The number of ether oxygens (including phenoxy) is 2. The first-order chi connectivity index (χ1) is 13.3. The van der Waals surface area contributed by atoms with Crippen LogP contribution in [-0.4, -0.2) is 42.3 Å². The Morgan fingerprint density at radius 2 is 1.85 bits per heavy atom. The zero-order chi connectivity index (χ0) is 18.1. The Morgan fingerprint density at radius 3 is 2.78 bits per heavy atom. The van der Waals surface area contributed by atoms with E-state index >= 15 is 0 Å². The monoisotopic (exact) mass is 362 g/mol. The molecule has 6 nitrogen and oxygen atoms in total. The predicted octanol–water partition coefficient (Wildman–Crippen LogP) is 3.48. The number of aromatic nitrogens is 2. The van der Waals surface area contributed by atoms with Crippen molar-refractivity contribution in [3.63, 3.8) is 0 Å². The van der Waals surface area contributed by atoms with Crippen LogP contribution in [0.5, 0.6) is 11.5 Å². The molecule has 1 atom stereocenters. The summed E-state index contributed by atoms with van der Waals surface area (Å²) in [4.78, 5) is 11.7. The summed E-state index contributed by atoms with van der Waals surface area (Å²) in [6, 6.07) is 14.4. The van der Waals surface area contributed by atoms with Crippen LogP contribution in [0.15, 0.2) is 48.7 Å². The van der Waals surface area contributed by atoms with Gasteiger partial charge in [-0.2, -0.15) is 0 Å². The highest BCUT2D eigenvalue weighted by molar-refractivity contribution is 5.75. The topological polar surface area (TPSA) is 59.5 Å². The molecule has 138 valence electrons. The molecule has 27 heavy (non-hydrogen) atoms. The molecule has 0 spiro atoms. The van der Waals surface area contributed by atoms with Crippen LogP contribution in [0, 0.1) is 0 Å². The lowest BCUT2D eigenvalue weighted by atomic mass is 10.1. The third-order valence-electron chi connectivity index (χ3n) is 5.09. The van der Waals surface area contributed by atoms with Crippen LogP contribution in [0.2, 0.25) is 0 Å². The zero-order valence-electron chi connectivity index (χ0n) is 15.1. The van der Waals surface area contributed by atoms with Gasteiger partial charge in [0.25, 0.3) is 0 Å². The molecule has 1 saturated heterocycles. The van der Waals surface area contributed by atoms with Gasteiger partial charge in [0.1, 0.15) is 19.0 Å². The number of nitrogens with one attached hydrogen (secondary N) is 1. The van der Waals surface area contributed by atoms with E-state index in [-0.39, 0.29) is 0 Å². The third-order valence-corrected chi connectivity index (χ3v) is 5.09. The van der Waals surface area contributed by atoms with E-state index in [2.05, 4.69) is 21.3 Å². The van der Waals surface area contributed by atoms with E-state index in [1.165, 1.54) is 0 Å². The van der Waals surface area contributed by atoms with Gasteiger partial charge in [0.05, 0.1) is 17.2 Å². The van der Waals surface area contributed by atoms with Gasteiger partial charge in [-0.3, -0.25) is 4.98 Å². The number of nitrogens with zero attached hydrogens (tertiary/aromatic N) is 3. The predicted molar refractivity (Wildman–Crippen MR) is 106 cm³/mol. The number of para-hydroxylation sites is 2. The van der Waals surface area contributed by atoms with Gasteiger partial charge in [-0.25, -0.2) is 4.98 Å². The van der Waals surface area contributed by atoms with Crippen LogP contribution in [0.4, 0.5) is 11.5 Å². The molecule has 1 N–H and O–H groups in total. The summed E-state index contributed by atoms with van der Waals surface area (Å²) in [6.45, 7) is 3.13. The second-order valence-electron chi connectivity index (χ2n) is 7.00. The fraction of sp³-hybridized carbons (Fsp3) is 0.333. The minimum atomic E-state index is 0.356. The first kappa shape index (κ1) is 16.2. The summed E-state index contributed by atoms with van der Waals surface area (Å²) in [5, 5.41) is 3.64. The van der Waals surface area contributed by atoms with Gasteiger partial charge in [0.15, 0.2) is 11.5 Å². The molecule has 3 aromatic rings. The van der Waals surface area contributed by atoms with E-state index < -0.39 is 0 Å². The molecular formula is C21H22N4O2. The standard InChI is InChI=1S/C21H22N4O2/c1-2-6-18-17(5-1)22-13-21(24-18)25-9-3-4-16(14-25)23-15-7-8-19-20(12-15)27-11-10-26-19/h1-2,5-8,12-13,16,23H,3-4,9-11,14H2/t16-/m1/s1. The largest absolute Gasteiger partial charge is 0.486 e. The number of piperidine rings is 1.